The number of H-pyrrole nitrogens is 1. The first kappa shape index (κ1) is 26.9. The van der Waals surface area contributed by atoms with Gasteiger partial charge in [0.2, 0.25) is 17.7 Å². The van der Waals surface area contributed by atoms with E-state index >= 15 is 0 Å². The van der Waals surface area contributed by atoms with Crippen molar-refractivity contribution in [3.8, 4) is 0 Å². The molecule has 33 heavy (non-hydrogen) atoms. The van der Waals surface area contributed by atoms with Gasteiger partial charge in [0.05, 0.1) is 6.04 Å². The third-order valence-corrected chi connectivity index (χ3v) is 6.00. The van der Waals surface area contributed by atoms with Crippen LogP contribution in [0.1, 0.15) is 5.56 Å². The second-order valence-corrected chi connectivity index (χ2v) is 8.34. The molecule has 0 fully saturated rings. The average molecular weight is 514 g/mol. The lowest BCUT2D eigenvalue weighted by molar-refractivity contribution is -0.142. The van der Waals surface area contributed by atoms with Crippen LogP contribution in [0.25, 0.3) is 10.9 Å². The van der Waals surface area contributed by atoms with Crippen molar-refractivity contribution in [1.82, 2.24) is 20.9 Å². The summed E-state index contributed by atoms with van der Waals surface area (Å²) < 4.78 is 0. The van der Waals surface area contributed by atoms with Crippen LogP contribution in [0.3, 0.4) is 0 Å². The van der Waals surface area contributed by atoms with Gasteiger partial charge in [0.15, 0.2) is 0 Å². The maximum Gasteiger partial charge on any atom is 0.326 e. The molecule has 4 atom stereocenters. The molecule has 2 aromatic rings. The molecular formula is C20H27N5O5S3. The van der Waals surface area contributed by atoms with Gasteiger partial charge in [-0.05, 0) is 11.6 Å². The van der Waals surface area contributed by atoms with Gasteiger partial charge in [0.1, 0.15) is 18.1 Å². The number of carboxylic acid groups (broad SMARTS) is 1. The van der Waals surface area contributed by atoms with E-state index in [0.717, 1.165) is 16.5 Å². The first-order valence-corrected chi connectivity index (χ1v) is 11.9. The van der Waals surface area contributed by atoms with Gasteiger partial charge in [-0.3, -0.25) is 14.4 Å². The van der Waals surface area contributed by atoms with E-state index in [9.17, 15) is 24.3 Å². The van der Waals surface area contributed by atoms with Crippen LogP contribution in [0, 0.1) is 0 Å². The van der Waals surface area contributed by atoms with E-state index < -0.39 is 47.9 Å². The molecule has 0 aliphatic rings. The lowest BCUT2D eigenvalue weighted by atomic mass is 10.0. The summed E-state index contributed by atoms with van der Waals surface area (Å²) >= 11 is 12.1. The summed E-state index contributed by atoms with van der Waals surface area (Å²) in [5.41, 5.74) is 7.16. The van der Waals surface area contributed by atoms with Gasteiger partial charge in [-0.25, -0.2) is 4.79 Å². The number of nitrogens with two attached hydrogens (primary N) is 1. The number of benzene rings is 1. The highest BCUT2D eigenvalue weighted by molar-refractivity contribution is 7.80. The molecule has 0 bridgehead atoms. The van der Waals surface area contributed by atoms with E-state index in [2.05, 4.69) is 58.8 Å². The maximum atomic E-state index is 12.7. The molecule has 1 aromatic carbocycles. The molecular weight excluding hydrogens is 486 g/mol. The number of aromatic nitrogens is 1. The molecule has 7 N–H and O–H groups in total. The van der Waals surface area contributed by atoms with Crippen LogP contribution in [-0.4, -0.2) is 75.2 Å². The molecule has 1 heterocycles. The van der Waals surface area contributed by atoms with Gasteiger partial charge in [0.25, 0.3) is 0 Å². The van der Waals surface area contributed by atoms with E-state index in [4.69, 9.17) is 5.73 Å². The predicted molar refractivity (Wildman–Crippen MR) is 135 cm³/mol. The number of hydrogen-bond donors (Lipinski definition) is 9. The van der Waals surface area contributed by atoms with Crippen LogP contribution in [0.15, 0.2) is 30.5 Å². The number of rotatable bonds is 12. The molecule has 0 saturated carbocycles. The van der Waals surface area contributed by atoms with Gasteiger partial charge in [0, 0.05) is 40.8 Å². The van der Waals surface area contributed by atoms with Crippen molar-refractivity contribution in [2.45, 2.75) is 30.6 Å². The fourth-order valence-corrected chi connectivity index (χ4v) is 3.70. The van der Waals surface area contributed by atoms with Crippen molar-refractivity contribution in [3.05, 3.63) is 36.0 Å². The van der Waals surface area contributed by atoms with E-state index in [1.54, 1.807) is 6.20 Å². The molecule has 10 nitrogen and oxygen atoms in total. The molecule has 0 saturated heterocycles. The molecule has 4 unspecified atom stereocenters. The molecule has 0 radical (unpaired) electrons. The Hall–Kier alpha value is -2.35. The quantitative estimate of drug-likeness (QED) is 0.171. The highest BCUT2D eigenvalue weighted by atomic mass is 32.1. The van der Waals surface area contributed by atoms with Crippen molar-refractivity contribution in [2.75, 3.05) is 17.3 Å². The topological polar surface area (TPSA) is 166 Å². The second kappa shape index (κ2) is 12.8. The number of carboxylic acids is 1. The Bertz CT molecular complexity index is 1000. The van der Waals surface area contributed by atoms with Crippen LogP contribution < -0.4 is 21.7 Å². The summed E-state index contributed by atoms with van der Waals surface area (Å²) in [5.74, 6) is -3.27. The van der Waals surface area contributed by atoms with Crippen molar-refractivity contribution in [1.29, 1.82) is 0 Å². The minimum absolute atomic E-state index is 0.0370. The number of aromatic amines is 1. The Labute approximate surface area is 207 Å². The highest BCUT2D eigenvalue weighted by Gasteiger charge is 2.29. The van der Waals surface area contributed by atoms with Gasteiger partial charge in [-0.15, -0.1) is 0 Å². The van der Waals surface area contributed by atoms with Gasteiger partial charge in [-0.2, -0.15) is 37.9 Å². The summed E-state index contributed by atoms with van der Waals surface area (Å²) in [6.45, 7) is 0. The number of carbonyl (C=O) groups is 4. The lowest BCUT2D eigenvalue weighted by Gasteiger charge is -2.23. The Kier molecular flexibility index (Phi) is 10.4. The van der Waals surface area contributed by atoms with Gasteiger partial charge < -0.3 is 31.8 Å². The normalized spacial score (nSPS) is 14.7. The van der Waals surface area contributed by atoms with Crippen molar-refractivity contribution < 1.29 is 24.3 Å². The Morgan fingerprint density at radius 2 is 1.42 bits per heavy atom. The van der Waals surface area contributed by atoms with E-state index in [0.29, 0.717) is 0 Å². The third kappa shape index (κ3) is 7.32. The zero-order valence-corrected chi connectivity index (χ0v) is 20.2. The monoisotopic (exact) mass is 513 g/mol. The number of para-hydroxylation sites is 1. The summed E-state index contributed by atoms with van der Waals surface area (Å²) in [4.78, 5) is 52.1. The zero-order chi connectivity index (χ0) is 24.5. The Morgan fingerprint density at radius 3 is 1.97 bits per heavy atom. The number of fused-ring (bicyclic) bond motifs is 1. The Balaban J connectivity index is 2.05. The SMILES string of the molecule is NC(CS)C(=O)NC(CS)C(=O)NC(CS)C(=O)NC(Cc1c[nH]c2ccccc12)C(=O)O. The Morgan fingerprint density at radius 1 is 0.879 bits per heavy atom. The standard InChI is InChI=1S/C20H27N5O5S3/c21-12(7-31)17(26)24-15(8-32)19(28)25-16(9-33)18(27)23-14(20(29)30)5-10-6-22-13-4-2-1-3-11(10)13/h1-4,6,12,14-16,22,31-33H,5,7-9,21H2,(H,23,27)(H,24,26)(H,25,28)(H,29,30). The van der Waals surface area contributed by atoms with Gasteiger partial charge >= 0.3 is 5.97 Å². The van der Waals surface area contributed by atoms with Crippen LogP contribution in [0.5, 0.6) is 0 Å². The number of nitrogens with one attached hydrogen (secondary N) is 4. The molecule has 0 aliphatic heterocycles. The number of amides is 3. The number of hydrogen-bond acceptors (Lipinski definition) is 8. The molecule has 3 amide bonds. The van der Waals surface area contributed by atoms with Crippen molar-refractivity contribution in [2.24, 2.45) is 5.73 Å². The third-order valence-electron chi connectivity index (χ3n) is 4.88. The molecule has 1 aromatic heterocycles. The van der Waals surface area contributed by atoms with Crippen LogP contribution in [-0.2, 0) is 25.6 Å². The minimum atomic E-state index is -1.23. The van der Waals surface area contributed by atoms with E-state index in [-0.39, 0.29) is 23.7 Å². The highest BCUT2D eigenvalue weighted by Crippen LogP contribution is 2.19. The number of thiol groups is 3. The summed E-state index contributed by atoms with van der Waals surface area (Å²) in [5, 5.41) is 17.8. The van der Waals surface area contributed by atoms with Crippen LogP contribution in [0.4, 0.5) is 0 Å². The zero-order valence-electron chi connectivity index (χ0n) is 17.5. The van der Waals surface area contributed by atoms with E-state index in [1.165, 1.54) is 0 Å². The summed E-state index contributed by atoms with van der Waals surface area (Å²) in [6.07, 6.45) is 1.73. The molecule has 0 aliphatic carbocycles. The first-order valence-electron chi connectivity index (χ1n) is 9.98. The molecule has 13 heteroatoms. The molecule has 0 spiro atoms. The first-order chi connectivity index (χ1) is 15.7. The molecule has 180 valence electrons. The minimum Gasteiger partial charge on any atom is -0.480 e. The summed E-state index contributed by atoms with van der Waals surface area (Å²) in [6, 6.07) is 3.07. The predicted octanol–water partition coefficient (Wildman–Crippen LogP) is -0.634. The number of aliphatic carboxylic acids is 1. The van der Waals surface area contributed by atoms with Crippen molar-refractivity contribution in [3.63, 3.8) is 0 Å². The fourth-order valence-electron chi connectivity index (χ4n) is 3.01. The smallest absolute Gasteiger partial charge is 0.326 e. The fraction of sp³-hybridized carbons (Fsp3) is 0.400. The second-order valence-electron chi connectivity index (χ2n) is 7.24. The lowest BCUT2D eigenvalue weighted by Crippen LogP contribution is -2.58. The van der Waals surface area contributed by atoms with Crippen molar-refractivity contribution >= 4 is 72.5 Å². The van der Waals surface area contributed by atoms with Crippen LogP contribution >= 0.6 is 37.9 Å². The average Bonchev–Trinajstić information content (AvgIpc) is 3.22. The van der Waals surface area contributed by atoms with E-state index in [1.807, 2.05) is 24.3 Å². The summed E-state index contributed by atoms with van der Waals surface area (Å²) in [7, 11) is 0. The number of carbonyl (C=O) groups excluding carboxylic acids is 3. The largest absolute Gasteiger partial charge is 0.480 e. The molecule has 2 rings (SSSR count). The van der Waals surface area contributed by atoms with Gasteiger partial charge in [-0.1, -0.05) is 18.2 Å². The van der Waals surface area contributed by atoms with Crippen LogP contribution in [0.2, 0.25) is 0 Å². The maximum absolute atomic E-state index is 12.7.